The number of ether oxygens (including phenoxy) is 1. The molecule has 0 fully saturated rings. The molecule has 0 saturated heterocycles. The summed E-state index contributed by atoms with van der Waals surface area (Å²) in [5.41, 5.74) is -0.0111. The summed E-state index contributed by atoms with van der Waals surface area (Å²) in [5, 5.41) is 8.48. The first-order chi connectivity index (χ1) is 7.34. The molecule has 1 N–H and O–H groups in total. The molecule has 0 spiro atoms. The second-order valence-corrected chi connectivity index (χ2v) is 2.80. The summed E-state index contributed by atoms with van der Waals surface area (Å²) in [7, 11) is 1.10. The van der Waals surface area contributed by atoms with Gasteiger partial charge in [-0.05, 0) is 0 Å². The number of hydrogen-bond donors (Lipinski definition) is 1. The van der Waals surface area contributed by atoms with Crippen LogP contribution >= 0.6 is 0 Å². The number of carboxylic acids is 1. The third kappa shape index (κ3) is 2.81. The van der Waals surface area contributed by atoms with Crippen molar-refractivity contribution in [2.75, 3.05) is 7.11 Å². The Morgan fingerprint density at radius 2 is 2.19 bits per heavy atom. The highest BCUT2D eigenvalue weighted by Crippen LogP contribution is 2.28. The molecular formula is C8H7F3N2O3. The summed E-state index contributed by atoms with van der Waals surface area (Å²) in [4.78, 5) is 16.5. The van der Waals surface area contributed by atoms with E-state index >= 15 is 0 Å². The highest BCUT2D eigenvalue weighted by atomic mass is 19.4. The van der Waals surface area contributed by atoms with Gasteiger partial charge in [0.15, 0.2) is 0 Å². The van der Waals surface area contributed by atoms with Crippen LogP contribution in [-0.4, -0.2) is 28.2 Å². The number of halogens is 3. The third-order valence-corrected chi connectivity index (χ3v) is 1.61. The molecule has 1 heterocycles. The molecule has 1 rings (SSSR count). The fraction of sp³-hybridized carbons (Fsp3) is 0.375. The van der Waals surface area contributed by atoms with E-state index in [1.807, 2.05) is 0 Å². The van der Waals surface area contributed by atoms with Gasteiger partial charge in [-0.25, -0.2) is 4.98 Å². The summed E-state index contributed by atoms with van der Waals surface area (Å²) in [6, 6.07) is 0. The Balaban J connectivity index is 3.11. The van der Waals surface area contributed by atoms with E-state index in [1.165, 1.54) is 0 Å². The fourth-order valence-electron chi connectivity index (χ4n) is 0.989. The van der Waals surface area contributed by atoms with Gasteiger partial charge in [0.2, 0.25) is 11.7 Å². The van der Waals surface area contributed by atoms with Crippen LogP contribution in [0.1, 0.15) is 11.4 Å². The van der Waals surface area contributed by atoms with Gasteiger partial charge >= 0.3 is 12.1 Å². The molecule has 16 heavy (non-hydrogen) atoms. The average Bonchev–Trinajstić information content (AvgIpc) is 2.15. The van der Waals surface area contributed by atoms with Crippen molar-refractivity contribution in [1.29, 1.82) is 0 Å². The van der Waals surface area contributed by atoms with Crippen molar-refractivity contribution in [3.8, 4) is 5.88 Å². The van der Waals surface area contributed by atoms with Crippen LogP contribution in [0.2, 0.25) is 0 Å². The van der Waals surface area contributed by atoms with Crippen molar-refractivity contribution in [3.63, 3.8) is 0 Å². The second kappa shape index (κ2) is 4.33. The van der Waals surface area contributed by atoms with Crippen molar-refractivity contribution in [2.24, 2.45) is 0 Å². The van der Waals surface area contributed by atoms with Crippen molar-refractivity contribution >= 4 is 5.97 Å². The summed E-state index contributed by atoms with van der Waals surface area (Å²) < 4.78 is 41.2. The molecule has 0 atom stereocenters. The minimum atomic E-state index is -4.69. The van der Waals surface area contributed by atoms with Gasteiger partial charge in [0.05, 0.1) is 13.5 Å². The van der Waals surface area contributed by atoms with Crippen LogP contribution in [-0.2, 0) is 17.4 Å². The lowest BCUT2D eigenvalue weighted by Crippen LogP contribution is -2.13. The molecule has 0 aliphatic carbocycles. The molecule has 0 aliphatic rings. The number of aromatic nitrogens is 2. The quantitative estimate of drug-likeness (QED) is 0.851. The van der Waals surface area contributed by atoms with E-state index in [4.69, 9.17) is 5.11 Å². The van der Waals surface area contributed by atoms with Crippen LogP contribution in [0.4, 0.5) is 13.2 Å². The number of rotatable bonds is 3. The van der Waals surface area contributed by atoms with Crippen molar-refractivity contribution in [3.05, 3.63) is 17.6 Å². The van der Waals surface area contributed by atoms with Gasteiger partial charge in [0.25, 0.3) is 0 Å². The smallest absolute Gasteiger partial charge is 0.451 e. The lowest BCUT2D eigenvalue weighted by Gasteiger charge is -2.08. The van der Waals surface area contributed by atoms with E-state index in [9.17, 15) is 18.0 Å². The van der Waals surface area contributed by atoms with Crippen molar-refractivity contribution in [1.82, 2.24) is 9.97 Å². The number of hydrogen-bond acceptors (Lipinski definition) is 4. The molecule has 0 bridgehead atoms. The topological polar surface area (TPSA) is 72.3 Å². The summed E-state index contributed by atoms with van der Waals surface area (Å²) in [6.45, 7) is 0. The minimum absolute atomic E-state index is 0.0111. The largest absolute Gasteiger partial charge is 0.481 e. The van der Waals surface area contributed by atoms with Crippen LogP contribution in [0.5, 0.6) is 5.88 Å². The van der Waals surface area contributed by atoms with Gasteiger partial charge in [-0.2, -0.15) is 18.2 Å². The average molecular weight is 236 g/mol. The van der Waals surface area contributed by atoms with Crippen molar-refractivity contribution in [2.45, 2.75) is 12.6 Å². The Morgan fingerprint density at radius 1 is 1.56 bits per heavy atom. The van der Waals surface area contributed by atoms with E-state index < -0.39 is 24.4 Å². The number of nitrogens with zero attached hydrogens (tertiary/aromatic N) is 2. The molecule has 0 radical (unpaired) electrons. The molecule has 0 aliphatic heterocycles. The maximum absolute atomic E-state index is 12.2. The number of carboxylic acid groups (broad SMARTS) is 1. The van der Waals surface area contributed by atoms with Crippen LogP contribution in [0, 0.1) is 0 Å². The minimum Gasteiger partial charge on any atom is -0.481 e. The van der Waals surface area contributed by atoms with Crippen LogP contribution in [0.15, 0.2) is 6.20 Å². The second-order valence-electron chi connectivity index (χ2n) is 2.80. The first-order valence-corrected chi connectivity index (χ1v) is 4.03. The molecule has 8 heteroatoms. The molecule has 0 amide bonds. The van der Waals surface area contributed by atoms with Gasteiger partial charge in [-0.1, -0.05) is 0 Å². The molecule has 0 saturated carbocycles. The Kier molecular flexibility index (Phi) is 3.31. The van der Waals surface area contributed by atoms with Gasteiger partial charge in [0.1, 0.15) is 0 Å². The van der Waals surface area contributed by atoms with Crippen LogP contribution < -0.4 is 4.74 Å². The standard InChI is InChI=1S/C8H7F3N2O3/c1-16-6-4(2-5(14)15)3-12-7(13-6)8(9,10)11/h3H,2H2,1H3,(H,14,15). The van der Waals surface area contributed by atoms with Crippen LogP contribution in [0.25, 0.3) is 0 Å². The third-order valence-electron chi connectivity index (χ3n) is 1.61. The summed E-state index contributed by atoms with van der Waals surface area (Å²) in [6.07, 6.45) is -4.39. The first-order valence-electron chi connectivity index (χ1n) is 4.03. The Bertz CT molecular complexity index is 406. The Hall–Kier alpha value is -1.86. The number of methoxy groups -OCH3 is 1. The van der Waals surface area contributed by atoms with Gasteiger partial charge in [0, 0.05) is 11.8 Å². The first kappa shape index (κ1) is 12.2. The van der Waals surface area contributed by atoms with Crippen molar-refractivity contribution < 1.29 is 27.8 Å². The van der Waals surface area contributed by atoms with Gasteiger partial charge < -0.3 is 9.84 Å². The lowest BCUT2D eigenvalue weighted by molar-refractivity contribution is -0.145. The summed E-state index contributed by atoms with van der Waals surface area (Å²) in [5.74, 6) is -2.95. The van der Waals surface area contributed by atoms with E-state index in [1.54, 1.807) is 0 Å². The number of carbonyl (C=O) groups is 1. The summed E-state index contributed by atoms with van der Waals surface area (Å²) >= 11 is 0. The number of alkyl halides is 3. The Labute approximate surface area is 87.9 Å². The molecular weight excluding hydrogens is 229 g/mol. The van der Waals surface area contributed by atoms with Gasteiger partial charge in [-0.15, -0.1) is 0 Å². The molecule has 0 unspecified atom stereocenters. The van der Waals surface area contributed by atoms with E-state index in [-0.39, 0.29) is 11.4 Å². The van der Waals surface area contributed by atoms with Gasteiger partial charge in [-0.3, -0.25) is 4.79 Å². The van der Waals surface area contributed by atoms with E-state index in [2.05, 4.69) is 14.7 Å². The molecule has 1 aromatic heterocycles. The van der Waals surface area contributed by atoms with E-state index in [0.717, 1.165) is 13.3 Å². The fourth-order valence-corrected chi connectivity index (χ4v) is 0.989. The molecule has 1 aromatic rings. The van der Waals surface area contributed by atoms with E-state index in [0.29, 0.717) is 0 Å². The zero-order valence-corrected chi connectivity index (χ0v) is 8.08. The SMILES string of the molecule is COc1nc(C(F)(F)F)ncc1CC(=O)O. The predicted octanol–water partition coefficient (Wildman–Crippen LogP) is 1.13. The Morgan fingerprint density at radius 3 is 2.62 bits per heavy atom. The van der Waals surface area contributed by atoms with Crippen LogP contribution in [0.3, 0.4) is 0 Å². The molecule has 5 nitrogen and oxygen atoms in total. The zero-order chi connectivity index (χ0) is 12.3. The maximum atomic E-state index is 12.2. The predicted molar refractivity (Wildman–Crippen MR) is 44.9 cm³/mol. The lowest BCUT2D eigenvalue weighted by atomic mass is 10.2. The monoisotopic (exact) mass is 236 g/mol. The zero-order valence-electron chi connectivity index (χ0n) is 8.08. The normalized spacial score (nSPS) is 11.2. The highest BCUT2D eigenvalue weighted by molar-refractivity contribution is 5.70. The maximum Gasteiger partial charge on any atom is 0.451 e. The molecule has 0 aromatic carbocycles. The molecule has 88 valence electrons. The highest BCUT2D eigenvalue weighted by Gasteiger charge is 2.35. The number of aliphatic carboxylic acids is 1.